The van der Waals surface area contributed by atoms with Gasteiger partial charge in [0, 0.05) is 11.1 Å². The second-order valence-corrected chi connectivity index (χ2v) is 4.85. The number of nitrogens with two attached hydrogens (primary N) is 1. The lowest BCUT2D eigenvalue weighted by Crippen LogP contribution is -2.15. The number of rotatable bonds is 3. The molecule has 0 bridgehead atoms. The van der Waals surface area contributed by atoms with Gasteiger partial charge in [-0.1, -0.05) is 12.1 Å². The number of benzene rings is 1. The van der Waals surface area contributed by atoms with E-state index in [9.17, 15) is 0 Å². The Morgan fingerprint density at radius 3 is 2.95 bits per heavy atom. The molecular weight excluding hydrogens is 238 g/mol. The van der Waals surface area contributed by atoms with Gasteiger partial charge >= 0.3 is 0 Å². The van der Waals surface area contributed by atoms with Crippen LogP contribution < -0.4 is 16.0 Å². The van der Waals surface area contributed by atoms with Crippen molar-refractivity contribution in [1.29, 1.82) is 0 Å². The number of aryl methyl sites for hydroxylation is 1. The monoisotopic (exact) mass is 257 g/mol. The van der Waals surface area contributed by atoms with Crippen molar-refractivity contribution in [1.82, 2.24) is 4.98 Å². The molecule has 1 aliphatic rings. The van der Waals surface area contributed by atoms with Crippen molar-refractivity contribution in [2.75, 3.05) is 12.0 Å². The van der Waals surface area contributed by atoms with E-state index in [0.29, 0.717) is 6.61 Å². The highest BCUT2D eigenvalue weighted by atomic mass is 16.5. The van der Waals surface area contributed by atoms with Gasteiger partial charge in [-0.25, -0.2) is 4.98 Å². The number of ether oxygens (including phenoxy) is 1. The Balaban J connectivity index is 2.29. The smallest absolute Gasteiger partial charge is 0.145 e. The fourth-order valence-electron chi connectivity index (χ4n) is 2.86. The summed E-state index contributed by atoms with van der Waals surface area (Å²) in [5.74, 6) is 6.58. The van der Waals surface area contributed by atoms with Gasteiger partial charge < -0.3 is 10.2 Å². The summed E-state index contributed by atoms with van der Waals surface area (Å²) < 4.78 is 5.68. The number of hydrogen-bond donors (Lipinski definition) is 2. The van der Waals surface area contributed by atoms with Crippen LogP contribution in [0.2, 0.25) is 0 Å². The molecule has 4 nitrogen and oxygen atoms in total. The number of nitrogens with zero attached hydrogens (tertiary/aromatic N) is 1. The zero-order valence-electron chi connectivity index (χ0n) is 11.2. The third-order valence-electron chi connectivity index (χ3n) is 3.70. The minimum absolute atomic E-state index is 0.642. The Morgan fingerprint density at radius 2 is 2.16 bits per heavy atom. The van der Waals surface area contributed by atoms with Crippen LogP contribution in [-0.4, -0.2) is 11.6 Å². The third-order valence-corrected chi connectivity index (χ3v) is 3.70. The largest absolute Gasteiger partial charge is 0.492 e. The molecule has 3 rings (SSSR count). The van der Waals surface area contributed by atoms with E-state index < -0.39 is 0 Å². The molecule has 3 N–H and O–H groups in total. The molecule has 100 valence electrons. The van der Waals surface area contributed by atoms with E-state index in [1.165, 1.54) is 24.1 Å². The second-order valence-electron chi connectivity index (χ2n) is 4.85. The quantitative estimate of drug-likeness (QED) is 0.655. The number of pyridine rings is 1. The van der Waals surface area contributed by atoms with Crippen LogP contribution in [-0.2, 0) is 12.8 Å². The van der Waals surface area contributed by atoms with E-state index in [2.05, 4.69) is 11.5 Å². The Morgan fingerprint density at radius 1 is 1.32 bits per heavy atom. The predicted octanol–water partition coefficient (Wildman–Crippen LogP) is 2.80. The van der Waals surface area contributed by atoms with Crippen molar-refractivity contribution in [3.05, 3.63) is 29.5 Å². The fraction of sp³-hybridized carbons (Fsp3) is 0.400. The average Bonchev–Trinajstić information content (AvgIpc) is 2.45. The van der Waals surface area contributed by atoms with Crippen molar-refractivity contribution >= 4 is 16.6 Å². The maximum Gasteiger partial charge on any atom is 0.145 e. The molecule has 0 atom stereocenters. The Labute approximate surface area is 112 Å². The summed E-state index contributed by atoms with van der Waals surface area (Å²) in [7, 11) is 0. The number of hydrogen-bond acceptors (Lipinski definition) is 4. The first-order chi connectivity index (χ1) is 9.35. The summed E-state index contributed by atoms with van der Waals surface area (Å²) in [6.07, 6.45) is 4.49. The van der Waals surface area contributed by atoms with Gasteiger partial charge in [0.15, 0.2) is 0 Å². The lowest BCUT2D eigenvalue weighted by molar-refractivity contribution is 0.343. The maximum absolute atomic E-state index is 5.75. The first-order valence-corrected chi connectivity index (χ1v) is 6.89. The normalized spacial score (nSPS) is 14.2. The highest BCUT2D eigenvalue weighted by molar-refractivity contribution is 5.96. The molecule has 0 fully saturated rings. The molecule has 1 aromatic heterocycles. The van der Waals surface area contributed by atoms with Crippen LogP contribution in [0.3, 0.4) is 0 Å². The van der Waals surface area contributed by atoms with Gasteiger partial charge in [0.1, 0.15) is 11.3 Å². The summed E-state index contributed by atoms with van der Waals surface area (Å²) in [6, 6.07) is 6.01. The lowest BCUT2D eigenvalue weighted by atomic mass is 9.93. The molecule has 0 unspecified atom stereocenters. The third kappa shape index (κ3) is 2.02. The number of hydrazine groups is 1. The van der Waals surface area contributed by atoms with E-state index in [1.807, 2.05) is 19.1 Å². The molecule has 1 aromatic carbocycles. The molecule has 0 amide bonds. The molecule has 0 saturated carbocycles. The summed E-state index contributed by atoms with van der Waals surface area (Å²) >= 11 is 0. The van der Waals surface area contributed by atoms with Crippen LogP contribution in [0.15, 0.2) is 18.2 Å². The second kappa shape index (κ2) is 5.05. The number of anilines is 1. The summed E-state index contributed by atoms with van der Waals surface area (Å²) in [5, 5.41) is 1.05. The summed E-state index contributed by atoms with van der Waals surface area (Å²) in [6.45, 7) is 2.63. The van der Waals surface area contributed by atoms with Gasteiger partial charge in [-0.2, -0.15) is 0 Å². The van der Waals surface area contributed by atoms with Crippen LogP contribution in [0.5, 0.6) is 5.75 Å². The Bertz CT molecular complexity index is 610. The number of fused-ring (bicyclic) bond motifs is 2. The topological polar surface area (TPSA) is 60.2 Å². The van der Waals surface area contributed by atoms with E-state index in [0.717, 1.165) is 35.2 Å². The zero-order chi connectivity index (χ0) is 13.2. The fourth-order valence-corrected chi connectivity index (χ4v) is 2.86. The average molecular weight is 257 g/mol. The van der Waals surface area contributed by atoms with Crippen LogP contribution in [0.25, 0.3) is 10.9 Å². The highest BCUT2D eigenvalue weighted by Crippen LogP contribution is 2.36. The first-order valence-electron chi connectivity index (χ1n) is 6.89. The van der Waals surface area contributed by atoms with Gasteiger partial charge in [0.05, 0.1) is 12.3 Å². The SMILES string of the molecule is CCOc1cccc2c(NN)c3c(nc12)CCCC3. The van der Waals surface area contributed by atoms with Crippen LogP contribution >= 0.6 is 0 Å². The summed E-state index contributed by atoms with van der Waals surface area (Å²) in [5.41, 5.74) is 7.24. The first kappa shape index (κ1) is 12.2. The zero-order valence-corrected chi connectivity index (χ0v) is 11.2. The molecule has 0 saturated heterocycles. The molecule has 19 heavy (non-hydrogen) atoms. The van der Waals surface area contributed by atoms with Gasteiger partial charge in [-0.3, -0.25) is 5.84 Å². The highest BCUT2D eigenvalue weighted by Gasteiger charge is 2.19. The van der Waals surface area contributed by atoms with Crippen molar-refractivity contribution in [3.63, 3.8) is 0 Å². The van der Waals surface area contributed by atoms with E-state index in [1.54, 1.807) is 0 Å². The molecule has 1 aliphatic carbocycles. The van der Waals surface area contributed by atoms with Crippen LogP contribution in [0, 0.1) is 0 Å². The Hall–Kier alpha value is -1.81. The molecule has 0 spiro atoms. The van der Waals surface area contributed by atoms with Crippen LogP contribution in [0.4, 0.5) is 5.69 Å². The number of para-hydroxylation sites is 1. The van der Waals surface area contributed by atoms with Gasteiger partial charge in [-0.15, -0.1) is 0 Å². The molecule has 0 aliphatic heterocycles. The van der Waals surface area contributed by atoms with Gasteiger partial charge in [0.2, 0.25) is 0 Å². The minimum atomic E-state index is 0.642. The summed E-state index contributed by atoms with van der Waals surface area (Å²) in [4.78, 5) is 4.82. The van der Waals surface area contributed by atoms with Gasteiger partial charge in [0.25, 0.3) is 0 Å². The minimum Gasteiger partial charge on any atom is -0.492 e. The number of nitrogens with one attached hydrogen (secondary N) is 1. The number of aromatic nitrogens is 1. The Kier molecular flexibility index (Phi) is 3.25. The van der Waals surface area contributed by atoms with Crippen LogP contribution in [0.1, 0.15) is 31.0 Å². The number of nitrogen functional groups attached to an aromatic ring is 1. The molecule has 4 heteroatoms. The van der Waals surface area contributed by atoms with Crippen molar-refractivity contribution in [3.8, 4) is 5.75 Å². The maximum atomic E-state index is 5.75. The van der Waals surface area contributed by atoms with E-state index >= 15 is 0 Å². The van der Waals surface area contributed by atoms with Crippen molar-refractivity contribution < 1.29 is 4.74 Å². The molecular formula is C15H19N3O. The van der Waals surface area contributed by atoms with Crippen molar-refractivity contribution in [2.45, 2.75) is 32.6 Å². The lowest BCUT2D eigenvalue weighted by Gasteiger charge is -2.21. The van der Waals surface area contributed by atoms with Gasteiger partial charge in [-0.05, 0) is 44.2 Å². The molecule has 2 aromatic rings. The van der Waals surface area contributed by atoms with E-state index in [-0.39, 0.29) is 0 Å². The molecule has 1 heterocycles. The predicted molar refractivity (Wildman–Crippen MR) is 77.4 cm³/mol. The van der Waals surface area contributed by atoms with Crippen molar-refractivity contribution in [2.24, 2.45) is 5.84 Å². The standard InChI is InChI=1S/C15H19N3O/c1-2-19-13-9-5-7-11-14(18-16)10-6-3-4-8-12(10)17-15(11)13/h5,7,9H,2-4,6,8,16H2,1H3,(H,17,18). The molecule has 0 radical (unpaired) electrons. The van der Waals surface area contributed by atoms with E-state index in [4.69, 9.17) is 15.6 Å².